The molecule has 10 atom stereocenters. The van der Waals surface area contributed by atoms with E-state index in [2.05, 4.69) is 10.0 Å². The van der Waals surface area contributed by atoms with Crippen LogP contribution < -0.4 is 0 Å². The average Bonchev–Trinajstić information content (AvgIpc) is 3.25. The van der Waals surface area contributed by atoms with E-state index in [9.17, 15) is 40.0 Å². The second kappa shape index (κ2) is 19.1. The number of azide groups is 1. The van der Waals surface area contributed by atoms with Gasteiger partial charge in [0.25, 0.3) is 0 Å². The smallest absolute Gasteiger partial charge is 0.338 e. The first kappa shape index (κ1) is 40.5. The molecule has 4 aromatic carbocycles. The lowest BCUT2D eigenvalue weighted by Crippen LogP contribution is -2.63. The molecular formula is C40H37N3O14. The summed E-state index contributed by atoms with van der Waals surface area (Å²) in [5, 5.41) is 37.2. The van der Waals surface area contributed by atoms with Gasteiger partial charge in [0.1, 0.15) is 24.4 Å². The maximum atomic E-state index is 13.3. The lowest BCUT2D eigenvalue weighted by Gasteiger charge is -2.44. The van der Waals surface area contributed by atoms with Crippen LogP contribution in [0.5, 0.6) is 0 Å². The van der Waals surface area contributed by atoms with Crippen molar-refractivity contribution in [3.63, 3.8) is 0 Å². The van der Waals surface area contributed by atoms with Crippen molar-refractivity contribution in [2.24, 2.45) is 5.11 Å². The second-order valence-electron chi connectivity index (χ2n) is 12.8. The summed E-state index contributed by atoms with van der Waals surface area (Å²) in [6.45, 7) is -1.48. The van der Waals surface area contributed by atoms with E-state index in [4.69, 9.17) is 33.2 Å². The quantitative estimate of drug-likeness (QED) is 0.0579. The lowest BCUT2D eigenvalue weighted by atomic mass is 9.97. The molecule has 0 saturated carbocycles. The minimum atomic E-state index is -1.88. The number of aliphatic hydroxyl groups excluding tert-OH is 3. The summed E-state index contributed by atoms with van der Waals surface area (Å²) in [6.07, 6.45) is -16.7. The monoisotopic (exact) mass is 783 g/mol. The van der Waals surface area contributed by atoms with E-state index in [-0.39, 0.29) is 22.3 Å². The van der Waals surface area contributed by atoms with Crippen LogP contribution in [0.25, 0.3) is 10.4 Å². The van der Waals surface area contributed by atoms with E-state index in [1.54, 1.807) is 72.8 Å². The van der Waals surface area contributed by atoms with Gasteiger partial charge in [-0.1, -0.05) is 77.9 Å². The van der Waals surface area contributed by atoms with Crippen LogP contribution in [0.1, 0.15) is 41.4 Å². The Bertz CT molecular complexity index is 2020. The molecule has 57 heavy (non-hydrogen) atoms. The number of rotatable bonds is 13. The summed E-state index contributed by atoms with van der Waals surface area (Å²) >= 11 is 0. The van der Waals surface area contributed by atoms with Crippen molar-refractivity contribution in [3.05, 3.63) is 154 Å². The van der Waals surface area contributed by atoms with Crippen LogP contribution in [0.15, 0.2) is 126 Å². The molecule has 0 amide bonds. The van der Waals surface area contributed by atoms with Gasteiger partial charge in [-0.05, 0) is 54.1 Å². The number of aliphatic hydroxyl groups is 3. The van der Waals surface area contributed by atoms with Gasteiger partial charge in [-0.2, -0.15) is 0 Å². The van der Waals surface area contributed by atoms with Gasteiger partial charge >= 0.3 is 23.9 Å². The summed E-state index contributed by atoms with van der Waals surface area (Å²) in [4.78, 5) is 55.5. The van der Waals surface area contributed by atoms with Crippen molar-refractivity contribution in [2.45, 2.75) is 61.3 Å². The Morgan fingerprint density at radius 1 is 0.561 bits per heavy atom. The van der Waals surface area contributed by atoms with E-state index in [1.165, 1.54) is 48.5 Å². The van der Waals surface area contributed by atoms with Crippen molar-refractivity contribution in [1.29, 1.82) is 0 Å². The Hall–Kier alpha value is -6.17. The Labute approximate surface area is 324 Å². The molecule has 3 N–H and O–H groups in total. The first-order chi connectivity index (χ1) is 27.7. The van der Waals surface area contributed by atoms with Crippen LogP contribution in [0.2, 0.25) is 0 Å². The third kappa shape index (κ3) is 9.80. The summed E-state index contributed by atoms with van der Waals surface area (Å²) in [6, 6.07) is 31.1. The minimum Gasteiger partial charge on any atom is -0.453 e. The highest BCUT2D eigenvalue weighted by molar-refractivity contribution is 5.91. The number of benzene rings is 4. The van der Waals surface area contributed by atoms with E-state index in [1.807, 2.05) is 0 Å². The predicted molar refractivity (Wildman–Crippen MR) is 194 cm³/mol. The molecule has 2 heterocycles. The average molecular weight is 784 g/mol. The summed E-state index contributed by atoms with van der Waals surface area (Å²) in [7, 11) is 0. The highest BCUT2D eigenvalue weighted by Gasteiger charge is 2.53. The molecule has 0 aliphatic carbocycles. The summed E-state index contributed by atoms with van der Waals surface area (Å²) in [5.41, 5.74) is 9.80. The van der Waals surface area contributed by atoms with Crippen LogP contribution in [0.4, 0.5) is 0 Å². The largest absolute Gasteiger partial charge is 0.453 e. The molecule has 4 aromatic rings. The Balaban J connectivity index is 1.28. The fourth-order valence-electron chi connectivity index (χ4n) is 6.16. The van der Waals surface area contributed by atoms with Crippen LogP contribution in [0.3, 0.4) is 0 Å². The molecule has 17 nitrogen and oxygen atoms in total. The molecule has 0 unspecified atom stereocenters. The molecule has 2 aliphatic rings. The normalized spacial score (nSPS) is 26.9. The van der Waals surface area contributed by atoms with Gasteiger partial charge in [-0.15, -0.1) is 0 Å². The van der Waals surface area contributed by atoms with Gasteiger partial charge in [0.15, 0.2) is 36.9 Å². The van der Waals surface area contributed by atoms with Gasteiger partial charge in [0.2, 0.25) is 0 Å². The van der Waals surface area contributed by atoms with Crippen molar-refractivity contribution in [1.82, 2.24) is 0 Å². The first-order valence-corrected chi connectivity index (χ1v) is 17.7. The van der Waals surface area contributed by atoms with Crippen molar-refractivity contribution < 1.29 is 67.7 Å². The Kier molecular flexibility index (Phi) is 13.6. The van der Waals surface area contributed by atoms with Crippen molar-refractivity contribution in [2.75, 3.05) is 13.2 Å². The maximum absolute atomic E-state index is 13.3. The molecule has 2 fully saturated rings. The highest BCUT2D eigenvalue weighted by Crippen LogP contribution is 2.32. The number of hydrogen-bond acceptors (Lipinski definition) is 15. The lowest BCUT2D eigenvalue weighted by molar-refractivity contribution is -0.312. The van der Waals surface area contributed by atoms with E-state index in [0.717, 1.165) is 0 Å². The van der Waals surface area contributed by atoms with Gasteiger partial charge in [-0.3, -0.25) is 0 Å². The number of carbonyl (C=O) groups is 4. The van der Waals surface area contributed by atoms with E-state index >= 15 is 0 Å². The first-order valence-electron chi connectivity index (χ1n) is 17.7. The predicted octanol–water partition coefficient (Wildman–Crippen LogP) is 3.38. The third-order valence-corrected chi connectivity index (χ3v) is 9.03. The molecule has 0 bridgehead atoms. The molecule has 0 spiro atoms. The Morgan fingerprint density at radius 3 is 1.33 bits per heavy atom. The van der Waals surface area contributed by atoms with Gasteiger partial charge in [0, 0.05) is 4.91 Å². The highest BCUT2D eigenvalue weighted by atomic mass is 16.7. The zero-order valence-electron chi connectivity index (χ0n) is 29.9. The second-order valence-corrected chi connectivity index (χ2v) is 12.8. The van der Waals surface area contributed by atoms with Crippen LogP contribution in [-0.4, -0.2) is 114 Å². The van der Waals surface area contributed by atoms with Crippen molar-refractivity contribution >= 4 is 23.9 Å². The molecule has 6 rings (SSSR count). The Morgan fingerprint density at radius 2 is 0.930 bits per heavy atom. The number of nitrogens with zero attached hydrogens (tertiary/aromatic N) is 3. The number of hydrogen-bond donors (Lipinski definition) is 3. The zero-order valence-corrected chi connectivity index (χ0v) is 29.9. The summed E-state index contributed by atoms with van der Waals surface area (Å²) < 4.78 is 40.4. The fraction of sp³-hybridized carbons (Fsp3) is 0.300. The minimum absolute atomic E-state index is 0.0884. The maximum Gasteiger partial charge on any atom is 0.338 e. The molecule has 2 aliphatic heterocycles. The van der Waals surface area contributed by atoms with Gasteiger partial charge < -0.3 is 48.5 Å². The molecule has 0 radical (unpaired) electrons. The van der Waals surface area contributed by atoms with Crippen LogP contribution in [-0.2, 0) is 33.2 Å². The standard InChI is InChI=1S/C40H37N3O14/c41-43-42-35-33(56-38(49)25-17-9-3-10-18-25)29(45)32(55-37(48)24-15-7-2-8-16-24)28(52-35)22-51-40-34(57-39(50)26-19-11-4-12-20-26)30(46)31(27(21-44)53-40)54-36(47)23-13-5-1-6-14-23/h1-20,27-35,40,44-46H,21-22H2/t27-,28-,29+,30+,31-,32-,33+,34+,35+,40+/m1/s1. The van der Waals surface area contributed by atoms with Gasteiger partial charge in [0.05, 0.1) is 35.5 Å². The SMILES string of the molecule is [N-]=[N+]=N[C@H]1O[C@H](CO[C@H]2O[C@H](CO)[C@@H](OC(=O)c3ccccc3)[C@H](O)[C@@H]2OC(=O)c2ccccc2)[C@@H](OC(=O)c2ccccc2)[C@H](O)[C@@H]1OC(=O)c1ccccc1. The van der Waals surface area contributed by atoms with E-state index in [0.29, 0.717) is 0 Å². The number of ether oxygens (including phenoxy) is 7. The molecule has 17 heteroatoms. The molecule has 2 saturated heterocycles. The van der Waals surface area contributed by atoms with Gasteiger partial charge in [-0.25, -0.2) is 19.2 Å². The zero-order chi connectivity index (χ0) is 40.3. The molecule has 296 valence electrons. The number of carbonyl (C=O) groups excluding carboxylic acids is 4. The molecular weight excluding hydrogens is 746 g/mol. The number of esters is 4. The molecule has 0 aromatic heterocycles. The third-order valence-electron chi connectivity index (χ3n) is 9.03. The van der Waals surface area contributed by atoms with Crippen LogP contribution >= 0.6 is 0 Å². The topological polar surface area (TPSA) is 242 Å². The van der Waals surface area contributed by atoms with E-state index < -0.39 is 98.4 Å². The van der Waals surface area contributed by atoms with Crippen LogP contribution in [0, 0.1) is 0 Å². The summed E-state index contributed by atoms with van der Waals surface area (Å²) in [5.74, 6) is -3.60. The fourth-order valence-corrected chi connectivity index (χ4v) is 6.16. The van der Waals surface area contributed by atoms with Crippen molar-refractivity contribution in [3.8, 4) is 0 Å².